The van der Waals surface area contributed by atoms with Crippen LogP contribution in [0.5, 0.6) is 0 Å². The Balaban J connectivity index is 1.71. The first kappa shape index (κ1) is 16.1. The van der Waals surface area contributed by atoms with Gasteiger partial charge in [-0.15, -0.1) is 0 Å². The molecule has 0 bridgehead atoms. The molecule has 4 nitrogen and oxygen atoms in total. The van der Waals surface area contributed by atoms with Crippen LogP contribution in [-0.2, 0) is 0 Å². The molecule has 1 saturated heterocycles. The van der Waals surface area contributed by atoms with E-state index in [0.717, 1.165) is 38.5 Å². The summed E-state index contributed by atoms with van der Waals surface area (Å²) in [7, 11) is 0. The molecule has 1 aromatic heterocycles. The van der Waals surface area contributed by atoms with Crippen molar-refractivity contribution < 1.29 is 4.39 Å². The van der Waals surface area contributed by atoms with E-state index in [1.165, 1.54) is 18.8 Å². The first-order chi connectivity index (χ1) is 10.9. The molecule has 0 unspecified atom stereocenters. The summed E-state index contributed by atoms with van der Waals surface area (Å²) in [6.45, 7) is 11.7. The van der Waals surface area contributed by atoms with Gasteiger partial charge >= 0.3 is 0 Å². The van der Waals surface area contributed by atoms with E-state index >= 15 is 0 Å². The highest BCUT2D eigenvalue weighted by Gasteiger charge is 2.22. The van der Waals surface area contributed by atoms with Gasteiger partial charge in [0.2, 0.25) is 0 Å². The second-order valence-electron chi connectivity index (χ2n) is 7.47. The number of rotatable bonds is 3. The molecular weight excluding hydrogens is 291 g/mol. The van der Waals surface area contributed by atoms with E-state index in [4.69, 9.17) is 0 Å². The van der Waals surface area contributed by atoms with Gasteiger partial charge in [0.15, 0.2) is 0 Å². The van der Waals surface area contributed by atoms with Crippen molar-refractivity contribution in [2.24, 2.45) is 5.41 Å². The fourth-order valence-corrected chi connectivity index (χ4v) is 2.97. The Hall–Kier alpha value is -1.75. The molecule has 0 spiro atoms. The number of hydrogen-bond donors (Lipinski definition) is 0. The Bertz CT molecular complexity index is 667. The lowest BCUT2D eigenvalue weighted by molar-refractivity contribution is 0.217. The summed E-state index contributed by atoms with van der Waals surface area (Å²) in [5, 5.41) is 0.540. The second kappa shape index (κ2) is 6.40. The van der Waals surface area contributed by atoms with Gasteiger partial charge in [-0.25, -0.2) is 14.4 Å². The largest absolute Gasteiger partial charge is 0.353 e. The van der Waals surface area contributed by atoms with E-state index in [1.54, 1.807) is 6.07 Å². The zero-order valence-electron chi connectivity index (χ0n) is 14.2. The topological polar surface area (TPSA) is 32.3 Å². The van der Waals surface area contributed by atoms with Gasteiger partial charge in [0.25, 0.3) is 0 Å². The summed E-state index contributed by atoms with van der Waals surface area (Å²) >= 11 is 0. The molecule has 1 aliphatic rings. The molecule has 2 aromatic rings. The van der Waals surface area contributed by atoms with Crippen molar-refractivity contribution in [2.45, 2.75) is 27.2 Å². The monoisotopic (exact) mass is 316 g/mol. The first-order valence-electron chi connectivity index (χ1n) is 8.30. The van der Waals surface area contributed by atoms with E-state index in [0.29, 0.717) is 16.3 Å². The molecule has 1 aromatic carbocycles. The van der Waals surface area contributed by atoms with Crippen LogP contribution in [0.3, 0.4) is 0 Å². The third kappa shape index (κ3) is 3.78. The molecule has 0 N–H and O–H groups in total. The maximum absolute atomic E-state index is 14.2. The minimum atomic E-state index is -0.242. The molecule has 0 aliphatic carbocycles. The number of hydrogen-bond acceptors (Lipinski definition) is 4. The van der Waals surface area contributed by atoms with Gasteiger partial charge < -0.3 is 4.90 Å². The van der Waals surface area contributed by atoms with Crippen LogP contribution < -0.4 is 4.90 Å². The van der Waals surface area contributed by atoms with Crippen molar-refractivity contribution in [1.29, 1.82) is 0 Å². The molecule has 0 amide bonds. The zero-order valence-corrected chi connectivity index (χ0v) is 14.2. The van der Waals surface area contributed by atoms with Crippen molar-refractivity contribution in [1.82, 2.24) is 14.9 Å². The second-order valence-corrected chi connectivity index (χ2v) is 7.47. The fourth-order valence-electron chi connectivity index (χ4n) is 2.97. The predicted octanol–water partition coefficient (Wildman–Crippen LogP) is 3.33. The van der Waals surface area contributed by atoms with Crippen LogP contribution in [0.1, 0.15) is 27.2 Å². The summed E-state index contributed by atoms with van der Waals surface area (Å²) in [5.41, 5.74) is 1.04. The van der Waals surface area contributed by atoms with E-state index in [-0.39, 0.29) is 5.82 Å². The summed E-state index contributed by atoms with van der Waals surface area (Å²) < 4.78 is 14.2. The third-order valence-corrected chi connectivity index (χ3v) is 4.44. The molecule has 23 heavy (non-hydrogen) atoms. The molecule has 3 rings (SSSR count). The van der Waals surface area contributed by atoms with Crippen LogP contribution in [0, 0.1) is 11.2 Å². The molecular formula is C18H25FN4. The average Bonchev–Trinajstić information content (AvgIpc) is 2.53. The maximum atomic E-state index is 14.2. The lowest BCUT2D eigenvalue weighted by Gasteiger charge is -2.36. The van der Waals surface area contributed by atoms with Crippen LogP contribution in [0.15, 0.2) is 24.5 Å². The van der Waals surface area contributed by atoms with Crippen LogP contribution in [-0.4, -0.2) is 47.6 Å². The highest BCUT2D eigenvalue weighted by Crippen LogP contribution is 2.26. The van der Waals surface area contributed by atoms with Gasteiger partial charge in [0.05, 0.1) is 10.9 Å². The number of nitrogens with zero attached hydrogens (tertiary/aromatic N) is 4. The highest BCUT2D eigenvalue weighted by atomic mass is 19.1. The number of piperazine rings is 1. The number of halogens is 1. The number of fused-ring (bicyclic) bond motifs is 1. The van der Waals surface area contributed by atoms with Gasteiger partial charge in [-0.2, -0.15) is 0 Å². The van der Waals surface area contributed by atoms with E-state index in [2.05, 4.69) is 40.5 Å². The predicted molar refractivity (Wildman–Crippen MR) is 92.2 cm³/mol. The van der Waals surface area contributed by atoms with Crippen LogP contribution in [0.4, 0.5) is 10.2 Å². The van der Waals surface area contributed by atoms with E-state index < -0.39 is 0 Å². The van der Waals surface area contributed by atoms with Crippen molar-refractivity contribution in [3.05, 3.63) is 30.3 Å². The Labute approximate surface area is 137 Å². The summed E-state index contributed by atoms with van der Waals surface area (Å²) in [4.78, 5) is 13.2. The molecule has 0 atom stereocenters. The van der Waals surface area contributed by atoms with E-state index in [1.807, 2.05) is 6.07 Å². The fraction of sp³-hybridized carbons (Fsp3) is 0.556. The van der Waals surface area contributed by atoms with Crippen molar-refractivity contribution in [2.75, 3.05) is 37.6 Å². The molecule has 5 heteroatoms. The SMILES string of the molecule is CC(C)(C)CCN1CCN(c2ncnc3cccc(F)c23)CC1. The average molecular weight is 316 g/mol. The zero-order chi connectivity index (χ0) is 16.4. The van der Waals surface area contributed by atoms with Gasteiger partial charge in [-0.05, 0) is 30.5 Å². The van der Waals surface area contributed by atoms with Crippen molar-refractivity contribution in [3.8, 4) is 0 Å². The van der Waals surface area contributed by atoms with Crippen LogP contribution in [0.2, 0.25) is 0 Å². The van der Waals surface area contributed by atoms with Gasteiger partial charge in [0.1, 0.15) is 18.0 Å². The van der Waals surface area contributed by atoms with Crippen molar-refractivity contribution in [3.63, 3.8) is 0 Å². The smallest absolute Gasteiger partial charge is 0.142 e. The molecule has 124 valence electrons. The van der Waals surface area contributed by atoms with Gasteiger partial charge in [-0.3, -0.25) is 4.90 Å². The van der Waals surface area contributed by atoms with Gasteiger partial charge in [0, 0.05) is 26.2 Å². The Kier molecular flexibility index (Phi) is 4.48. The number of benzene rings is 1. The normalized spacial score (nSPS) is 17.0. The molecule has 0 saturated carbocycles. The third-order valence-electron chi connectivity index (χ3n) is 4.44. The molecule has 1 fully saturated rings. The minimum absolute atomic E-state index is 0.242. The summed E-state index contributed by atoms with van der Waals surface area (Å²) in [6, 6.07) is 5.01. The lowest BCUT2D eigenvalue weighted by Crippen LogP contribution is -2.47. The lowest BCUT2D eigenvalue weighted by atomic mass is 9.92. The summed E-state index contributed by atoms with van der Waals surface area (Å²) in [6.07, 6.45) is 2.72. The highest BCUT2D eigenvalue weighted by molar-refractivity contribution is 5.89. The first-order valence-corrected chi connectivity index (χ1v) is 8.30. The maximum Gasteiger partial charge on any atom is 0.142 e. The summed E-state index contributed by atoms with van der Waals surface area (Å²) in [5.74, 6) is 0.483. The number of anilines is 1. The van der Waals surface area contributed by atoms with E-state index in [9.17, 15) is 4.39 Å². The number of aromatic nitrogens is 2. The molecule has 2 heterocycles. The Morgan fingerprint density at radius 1 is 1.09 bits per heavy atom. The Morgan fingerprint density at radius 2 is 1.83 bits per heavy atom. The van der Waals surface area contributed by atoms with Gasteiger partial charge in [-0.1, -0.05) is 26.8 Å². The standard InChI is InChI=1S/C18H25FN4/c1-18(2,3)7-8-22-9-11-23(12-10-22)17-16-14(19)5-4-6-15(16)20-13-21-17/h4-6,13H,7-12H2,1-3H3. The van der Waals surface area contributed by atoms with Crippen molar-refractivity contribution >= 4 is 16.7 Å². The molecule has 0 radical (unpaired) electrons. The quantitative estimate of drug-likeness (QED) is 0.869. The molecule has 1 aliphatic heterocycles. The Morgan fingerprint density at radius 3 is 2.52 bits per heavy atom. The minimum Gasteiger partial charge on any atom is -0.353 e. The van der Waals surface area contributed by atoms with Crippen LogP contribution >= 0.6 is 0 Å². The van der Waals surface area contributed by atoms with Crippen LogP contribution in [0.25, 0.3) is 10.9 Å².